The van der Waals surface area contributed by atoms with Crippen LogP contribution < -0.4 is 11.1 Å². The van der Waals surface area contributed by atoms with Crippen molar-refractivity contribution in [2.75, 3.05) is 13.1 Å². The first-order valence-corrected chi connectivity index (χ1v) is 6.23. The molecular formula is C14H22N2. The summed E-state index contributed by atoms with van der Waals surface area (Å²) in [6.45, 7) is 6.24. The van der Waals surface area contributed by atoms with Gasteiger partial charge < -0.3 is 11.1 Å². The van der Waals surface area contributed by atoms with E-state index in [4.69, 9.17) is 5.73 Å². The van der Waals surface area contributed by atoms with Crippen LogP contribution in [0.1, 0.15) is 35.6 Å². The Labute approximate surface area is 98.2 Å². The van der Waals surface area contributed by atoms with Gasteiger partial charge in [-0.05, 0) is 62.4 Å². The van der Waals surface area contributed by atoms with E-state index < -0.39 is 0 Å². The van der Waals surface area contributed by atoms with E-state index in [0.29, 0.717) is 12.0 Å². The lowest BCUT2D eigenvalue weighted by Gasteiger charge is -2.32. The van der Waals surface area contributed by atoms with Crippen molar-refractivity contribution in [1.29, 1.82) is 0 Å². The average Bonchev–Trinajstić information content (AvgIpc) is 2.32. The molecule has 0 aromatic heterocycles. The Kier molecular flexibility index (Phi) is 3.62. The standard InChI is InChI=1S/C14H22N2/c1-10-5-6-12(8-11(10)2)14-13(9-15)4-3-7-16-14/h5-6,8,13-14,16H,3-4,7,9,15H2,1-2H3/t13-,14-/m1/s1. The summed E-state index contributed by atoms with van der Waals surface area (Å²) in [5.41, 5.74) is 10.0. The minimum absolute atomic E-state index is 0.457. The van der Waals surface area contributed by atoms with Gasteiger partial charge in [0.2, 0.25) is 0 Å². The molecule has 2 rings (SSSR count). The Morgan fingerprint density at radius 3 is 2.81 bits per heavy atom. The summed E-state index contributed by atoms with van der Waals surface area (Å²) < 4.78 is 0. The van der Waals surface area contributed by atoms with Crippen LogP contribution in [0.2, 0.25) is 0 Å². The van der Waals surface area contributed by atoms with Gasteiger partial charge in [-0.2, -0.15) is 0 Å². The van der Waals surface area contributed by atoms with Crippen LogP contribution in [-0.2, 0) is 0 Å². The van der Waals surface area contributed by atoms with Crippen molar-refractivity contribution in [1.82, 2.24) is 5.32 Å². The highest BCUT2D eigenvalue weighted by Gasteiger charge is 2.24. The fourth-order valence-electron chi connectivity index (χ4n) is 2.56. The summed E-state index contributed by atoms with van der Waals surface area (Å²) in [6, 6.07) is 7.22. The quantitative estimate of drug-likeness (QED) is 0.799. The second kappa shape index (κ2) is 4.98. The van der Waals surface area contributed by atoms with Crippen molar-refractivity contribution in [3.8, 4) is 0 Å². The molecule has 88 valence electrons. The highest BCUT2D eigenvalue weighted by Crippen LogP contribution is 2.29. The molecule has 0 amide bonds. The Morgan fingerprint density at radius 2 is 2.12 bits per heavy atom. The molecule has 1 heterocycles. The highest BCUT2D eigenvalue weighted by atomic mass is 14.9. The number of piperidine rings is 1. The van der Waals surface area contributed by atoms with Crippen LogP contribution in [0.3, 0.4) is 0 Å². The molecule has 0 bridgehead atoms. The fourth-order valence-corrected chi connectivity index (χ4v) is 2.56. The van der Waals surface area contributed by atoms with Gasteiger partial charge in [-0.1, -0.05) is 18.2 Å². The first-order valence-electron chi connectivity index (χ1n) is 6.23. The summed E-state index contributed by atoms with van der Waals surface area (Å²) in [5, 5.41) is 3.60. The minimum atomic E-state index is 0.457. The van der Waals surface area contributed by atoms with Crippen LogP contribution in [0.15, 0.2) is 18.2 Å². The van der Waals surface area contributed by atoms with Crippen molar-refractivity contribution in [3.05, 3.63) is 34.9 Å². The third kappa shape index (κ3) is 2.28. The van der Waals surface area contributed by atoms with Gasteiger partial charge >= 0.3 is 0 Å². The third-order valence-electron chi connectivity index (χ3n) is 3.78. The second-order valence-corrected chi connectivity index (χ2v) is 4.91. The smallest absolute Gasteiger partial charge is 0.0360 e. The normalized spacial score (nSPS) is 25.7. The Morgan fingerprint density at radius 1 is 1.31 bits per heavy atom. The van der Waals surface area contributed by atoms with Gasteiger partial charge in [0.15, 0.2) is 0 Å². The molecule has 1 saturated heterocycles. The summed E-state index contributed by atoms with van der Waals surface area (Å²) in [7, 11) is 0. The van der Waals surface area contributed by atoms with Crippen molar-refractivity contribution in [2.45, 2.75) is 32.7 Å². The number of benzene rings is 1. The molecule has 0 unspecified atom stereocenters. The predicted molar refractivity (Wildman–Crippen MR) is 68.4 cm³/mol. The molecule has 2 atom stereocenters. The largest absolute Gasteiger partial charge is 0.330 e. The number of rotatable bonds is 2. The number of hydrogen-bond donors (Lipinski definition) is 2. The molecule has 16 heavy (non-hydrogen) atoms. The molecule has 0 aliphatic carbocycles. The van der Waals surface area contributed by atoms with Crippen molar-refractivity contribution >= 4 is 0 Å². The maximum absolute atomic E-state index is 5.86. The van der Waals surface area contributed by atoms with Crippen molar-refractivity contribution < 1.29 is 0 Å². The van der Waals surface area contributed by atoms with E-state index in [0.717, 1.165) is 13.1 Å². The van der Waals surface area contributed by atoms with Crippen LogP contribution in [0.5, 0.6) is 0 Å². The molecule has 1 aliphatic heterocycles. The van der Waals surface area contributed by atoms with E-state index in [2.05, 4.69) is 37.4 Å². The zero-order valence-electron chi connectivity index (χ0n) is 10.3. The van der Waals surface area contributed by atoms with Crippen molar-refractivity contribution in [3.63, 3.8) is 0 Å². The van der Waals surface area contributed by atoms with Gasteiger partial charge in [-0.15, -0.1) is 0 Å². The van der Waals surface area contributed by atoms with Crippen molar-refractivity contribution in [2.24, 2.45) is 11.7 Å². The van der Waals surface area contributed by atoms with Crippen LogP contribution in [0, 0.1) is 19.8 Å². The van der Waals surface area contributed by atoms with E-state index in [9.17, 15) is 0 Å². The van der Waals surface area contributed by atoms with E-state index >= 15 is 0 Å². The van der Waals surface area contributed by atoms with Crippen LogP contribution in [0.4, 0.5) is 0 Å². The summed E-state index contributed by atoms with van der Waals surface area (Å²) in [6.07, 6.45) is 2.50. The third-order valence-corrected chi connectivity index (χ3v) is 3.78. The highest BCUT2D eigenvalue weighted by molar-refractivity contribution is 5.32. The summed E-state index contributed by atoms with van der Waals surface area (Å²) >= 11 is 0. The van der Waals surface area contributed by atoms with E-state index in [1.165, 1.54) is 29.5 Å². The molecule has 2 heteroatoms. The molecule has 1 aromatic rings. The number of nitrogens with two attached hydrogens (primary N) is 1. The zero-order chi connectivity index (χ0) is 11.5. The Bertz CT molecular complexity index is 360. The first kappa shape index (κ1) is 11.6. The predicted octanol–water partition coefficient (Wildman–Crippen LogP) is 2.30. The molecule has 0 spiro atoms. The maximum Gasteiger partial charge on any atom is 0.0360 e. The Hall–Kier alpha value is -0.860. The molecule has 1 aromatic carbocycles. The summed E-state index contributed by atoms with van der Waals surface area (Å²) in [5.74, 6) is 0.593. The molecule has 1 aliphatic rings. The lowest BCUT2D eigenvalue weighted by atomic mass is 9.85. The van der Waals surface area contributed by atoms with Gasteiger partial charge in [-0.25, -0.2) is 0 Å². The Balaban J connectivity index is 2.23. The number of nitrogens with one attached hydrogen (secondary N) is 1. The molecule has 3 N–H and O–H groups in total. The lowest BCUT2D eigenvalue weighted by molar-refractivity contribution is 0.291. The van der Waals surface area contributed by atoms with Crippen LogP contribution in [0.25, 0.3) is 0 Å². The topological polar surface area (TPSA) is 38.0 Å². The lowest BCUT2D eigenvalue weighted by Crippen LogP contribution is -2.37. The van der Waals surface area contributed by atoms with Gasteiger partial charge in [-0.3, -0.25) is 0 Å². The van der Waals surface area contributed by atoms with Gasteiger partial charge in [0, 0.05) is 6.04 Å². The zero-order valence-corrected chi connectivity index (χ0v) is 10.3. The molecule has 0 saturated carbocycles. The fraction of sp³-hybridized carbons (Fsp3) is 0.571. The van der Waals surface area contributed by atoms with E-state index in [-0.39, 0.29) is 0 Å². The van der Waals surface area contributed by atoms with Gasteiger partial charge in [0.1, 0.15) is 0 Å². The van der Waals surface area contributed by atoms with E-state index in [1.54, 1.807) is 0 Å². The maximum atomic E-state index is 5.86. The SMILES string of the molecule is Cc1ccc([C@H]2NCCC[C@@H]2CN)cc1C. The van der Waals surface area contributed by atoms with Crippen LogP contribution >= 0.6 is 0 Å². The molecule has 2 nitrogen and oxygen atoms in total. The van der Waals surface area contributed by atoms with Crippen LogP contribution in [-0.4, -0.2) is 13.1 Å². The molecular weight excluding hydrogens is 196 g/mol. The minimum Gasteiger partial charge on any atom is -0.330 e. The van der Waals surface area contributed by atoms with Gasteiger partial charge in [0.05, 0.1) is 0 Å². The second-order valence-electron chi connectivity index (χ2n) is 4.91. The molecule has 0 radical (unpaired) electrons. The average molecular weight is 218 g/mol. The number of aryl methyl sites for hydroxylation is 2. The van der Waals surface area contributed by atoms with E-state index in [1.807, 2.05) is 0 Å². The molecule has 1 fully saturated rings. The number of hydrogen-bond acceptors (Lipinski definition) is 2. The summed E-state index contributed by atoms with van der Waals surface area (Å²) in [4.78, 5) is 0. The van der Waals surface area contributed by atoms with Gasteiger partial charge in [0.25, 0.3) is 0 Å². The monoisotopic (exact) mass is 218 g/mol. The first-order chi connectivity index (χ1) is 7.72.